The number of halogens is 1. The van der Waals surface area contributed by atoms with Crippen LogP contribution in [-0.2, 0) is 14.8 Å². The fourth-order valence-corrected chi connectivity index (χ4v) is 5.54. The van der Waals surface area contributed by atoms with E-state index in [9.17, 15) is 37.3 Å². The van der Waals surface area contributed by atoms with E-state index in [1.54, 1.807) is 0 Å². The topological polar surface area (TPSA) is 138 Å². The third-order valence-electron chi connectivity index (χ3n) is 5.85. The van der Waals surface area contributed by atoms with Gasteiger partial charge in [0.15, 0.2) is 0 Å². The molecule has 0 N–H and O–H groups in total. The second-order valence-corrected chi connectivity index (χ2v) is 9.74. The van der Waals surface area contributed by atoms with Crippen molar-refractivity contribution in [1.82, 2.24) is 14.1 Å². The van der Waals surface area contributed by atoms with E-state index in [0.29, 0.717) is 4.90 Å². The predicted octanol–water partition coefficient (Wildman–Crippen LogP) is 1.25. The van der Waals surface area contributed by atoms with Crippen molar-refractivity contribution in [2.75, 3.05) is 26.2 Å². The highest BCUT2D eigenvalue weighted by atomic mass is 32.2. The van der Waals surface area contributed by atoms with E-state index in [1.807, 2.05) is 0 Å². The Kier molecular flexibility index (Phi) is 5.91. The van der Waals surface area contributed by atoms with Gasteiger partial charge in [-0.3, -0.25) is 29.4 Å². The Morgan fingerprint density at radius 1 is 1.06 bits per heavy atom. The SMILES string of the molecule is CC(C(=O)N1CCN(S(=O)(=O)c2cccc(F)c2)CC1)N1C(=O)c2cccc([N+](=O)[O-])c2C1=O. The molecule has 0 aliphatic carbocycles. The first-order valence-corrected chi connectivity index (χ1v) is 11.7. The Labute approximate surface area is 193 Å². The number of carbonyl (C=O) groups excluding carboxylic acids is 3. The molecule has 1 fully saturated rings. The number of sulfonamides is 1. The molecule has 1 saturated heterocycles. The van der Waals surface area contributed by atoms with Gasteiger partial charge >= 0.3 is 0 Å². The van der Waals surface area contributed by atoms with Gasteiger partial charge in [-0.2, -0.15) is 4.31 Å². The smallest absolute Gasteiger partial charge is 0.282 e. The van der Waals surface area contributed by atoms with Crippen LogP contribution in [0, 0.1) is 15.9 Å². The molecule has 13 heteroatoms. The Bertz CT molecular complexity index is 1320. The van der Waals surface area contributed by atoms with Gasteiger partial charge in [0.2, 0.25) is 15.9 Å². The fourth-order valence-electron chi connectivity index (χ4n) is 4.09. The second kappa shape index (κ2) is 8.57. The van der Waals surface area contributed by atoms with E-state index in [2.05, 4.69) is 0 Å². The van der Waals surface area contributed by atoms with Crippen LogP contribution in [0.4, 0.5) is 10.1 Å². The molecule has 1 unspecified atom stereocenters. The van der Waals surface area contributed by atoms with Gasteiger partial charge in [0.1, 0.15) is 17.4 Å². The van der Waals surface area contributed by atoms with Crippen LogP contribution < -0.4 is 0 Å². The molecule has 3 amide bonds. The number of hydrogen-bond acceptors (Lipinski definition) is 7. The highest BCUT2D eigenvalue weighted by Gasteiger charge is 2.46. The number of nitro benzene ring substituents is 1. The molecule has 1 atom stereocenters. The van der Waals surface area contributed by atoms with E-state index in [1.165, 1.54) is 36.1 Å². The second-order valence-electron chi connectivity index (χ2n) is 7.80. The standard InChI is InChI=1S/C21H19FN4O7S/c1-13(25-20(28)16-6-3-7-17(26(30)31)18(16)21(25)29)19(27)23-8-10-24(11-9-23)34(32,33)15-5-2-4-14(22)12-15/h2-7,12-13H,8-11H2,1H3. The lowest BCUT2D eigenvalue weighted by Crippen LogP contribution is -2.55. The maximum atomic E-state index is 13.5. The summed E-state index contributed by atoms with van der Waals surface area (Å²) in [6.07, 6.45) is 0. The summed E-state index contributed by atoms with van der Waals surface area (Å²) in [5, 5.41) is 11.3. The molecule has 0 radical (unpaired) electrons. The Balaban J connectivity index is 1.48. The van der Waals surface area contributed by atoms with Gasteiger partial charge in [-0.05, 0) is 31.2 Å². The molecule has 2 aliphatic heterocycles. The van der Waals surface area contributed by atoms with E-state index in [-0.39, 0.29) is 42.2 Å². The summed E-state index contributed by atoms with van der Waals surface area (Å²) in [7, 11) is -3.96. The molecule has 2 aromatic carbocycles. The molecule has 0 spiro atoms. The van der Waals surface area contributed by atoms with Crippen LogP contribution in [0.3, 0.4) is 0 Å². The lowest BCUT2D eigenvalue weighted by atomic mass is 10.1. The van der Waals surface area contributed by atoms with Crippen molar-refractivity contribution in [2.45, 2.75) is 17.9 Å². The highest BCUT2D eigenvalue weighted by molar-refractivity contribution is 7.89. The summed E-state index contributed by atoms with van der Waals surface area (Å²) in [4.78, 5) is 51.0. The van der Waals surface area contributed by atoms with Crippen LogP contribution in [0.25, 0.3) is 0 Å². The fraction of sp³-hybridized carbons (Fsp3) is 0.286. The van der Waals surface area contributed by atoms with E-state index >= 15 is 0 Å². The number of nitrogens with zero attached hydrogens (tertiary/aromatic N) is 4. The minimum Gasteiger partial charge on any atom is -0.338 e. The maximum absolute atomic E-state index is 13.5. The lowest BCUT2D eigenvalue weighted by Gasteiger charge is -2.36. The molecule has 2 heterocycles. The number of benzene rings is 2. The van der Waals surface area contributed by atoms with Crippen molar-refractivity contribution in [3.8, 4) is 0 Å². The first kappa shape index (κ1) is 23.4. The first-order chi connectivity index (χ1) is 16.0. The zero-order valence-corrected chi connectivity index (χ0v) is 18.7. The molecule has 0 saturated carbocycles. The predicted molar refractivity (Wildman–Crippen MR) is 115 cm³/mol. The minimum atomic E-state index is -3.96. The molecular weight excluding hydrogens is 471 g/mol. The number of rotatable bonds is 5. The average molecular weight is 490 g/mol. The average Bonchev–Trinajstić information content (AvgIpc) is 3.08. The maximum Gasteiger partial charge on any atom is 0.282 e. The summed E-state index contributed by atoms with van der Waals surface area (Å²) in [6.45, 7) is 1.18. The minimum absolute atomic E-state index is 0.0129. The van der Waals surface area contributed by atoms with Crippen molar-refractivity contribution in [2.24, 2.45) is 0 Å². The first-order valence-electron chi connectivity index (χ1n) is 10.2. The lowest BCUT2D eigenvalue weighted by molar-refractivity contribution is -0.385. The zero-order valence-electron chi connectivity index (χ0n) is 17.9. The third kappa shape index (κ3) is 3.82. The quantitative estimate of drug-likeness (QED) is 0.349. The summed E-state index contributed by atoms with van der Waals surface area (Å²) < 4.78 is 40.1. The largest absolute Gasteiger partial charge is 0.338 e. The van der Waals surface area contributed by atoms with Crippen molar-refractivity contribution in [1.29, 1.82) is 0 Å². The highest BCUT2D eigenvalue weighted by Crippen LogP contribution is 2.32. The third-order valence-corrected chi connectivity index (χ3v) is 7.74. The zero-order chi connectivity index (χ0) is 24.8. The molecular formula is C21H19FN4O7S. The number of carbonyl (C=O) groups is 3. The summed E-state index contributed by atoms with van der Waals surface area (Å²) in [6, 6.07) is 7.04. The van der Waals surface area contributed by atoms with Gasteiger partial charge in [-0.1, -0.05) is 12.1 Å². The Hall–Kier alpha value is -3.71. The van der Waals surface area contributed by atoms with Crippen LogP contribution in [0.15, 0.2) is 47.4 Å². The number of imide groups is 1. The summed E-state index contributed by atoms with van der Waals surface area (Å²) in [5.41, 5.74) is -1.03. The number of nitro groups is 1. The van der Waals surface area contributed by atoms with Crippen molar-refractivity contribution >= 4 is 33.4 Å². The molecule has 2 aromatic rings. The molecule has 34 heavy (non-hydrogen) atoms. The summed E-state index contributed by atoms with van der Waals surface area (Å²) in [5.74, 6) is -3.03. The molecule has 178 valence electrons. The summed E-state index contributed by atoms with van der Waals surface area (Å²) >= 11 is 0. The van der Waals surface area contributed by atoms with Gasteiger partial charge < -0.3 is 4.90 Å². The van der Waals surface area contributed by atoms with Crippen molar-refractivity contribution in [3.05, 3.63) is 69.5 Å². The van der Waals surface area contributed by atoms with Crippen LogP contribution in [0.1, 0.15) is 27.6 Å². The molecule has 2 aliphatic rings. The number of piperazine rings is 1. The van der Waals surface area contributed by atoms with E-state index in [0.717, 1.165) is 22.5 Å². The van der Waals surface area contributed by atoms with Crippen molar-refractivity contribution in [3.63, 3.8) is 0 Å². The molecule has 4 rings (SSSR count). The monoisotopic (exact) mass is 490 g/mol. The number of fused-ring (bicyclic) bond motifs is 1. The van der Waals surface area contributed by atoms with Gasteiger partial charge in [-0.15, -0.1) is 0 Å². The van der Waals surface area contributed by atoms with Crippen LogP contribution in [0.5, 0.6) is 0 Å². The normalized spacial score (nSPS) is 17.6. The van der Waals surface area contributed by atoms with Crippen LogP contribution in [0.2, 0.25) is 0 Å². The molecule has 0 bridgehead atoms. The Morgan fingerprint density at radius 3 is 2.32 bits per heavy atom. The van der Waals surface area contributed by atoms with Crippen LogP contribution in [-0.4, -0.2) is 77.4 Å². The van der Waals surface area contributed by atoms with Gasteiger partial charge in [0, 0.05) is 32.2 Å². The van der Waals surface area contributed by atoms with E-state index in [4.69, 9.17) is 0 Å². The van der Waals surface area contributed by atoms with Gasteiger partial charge in [-0.25, -0.2) is 12.8 Å². The number of amides is 3. The number of hydrogen-bond donors (Lipinski definition) is 0. The van der Waals surface area contributed by atoms with Gasteiger partial charge in [0.05, 0.1) is 15.4 Å². The van der Waals surface area contributed by atoms with E-state index < -0.39 is 50.2 Å². The van der Waals surface area contributed by atoms with Gasteiger partial charge in [0.25, 0.3) is 17.5 Å². The molecule has 11 nitrogen and oxygen atoms in total. The molecule has 0 aromatic heterocycles. The van der Waals surface area contributed by atoms with Crippen molar-refractivity contribution < 1.29 is 32.1 Å². The van der Waals surface area contributed by atoms with Crippen LogP contribution >= 0.6 is 0 Å². The Morgan fingerprint density at radius 2 is 1.71 bits per heavy atom.